The second-order valence-corrected chi connectivity index (χ2v) is 7.85. The van der Waals surface area contributed by atoms with Crippen LogP contribution in [0.15, 0.2) is 0 Å². The summed E-state index contributed by atoms with van der Waals surface area (Å²) in [4.78, 5) is 16.5. The molecule has 1 amide bonds. The molecule has 0 aromatic carbocycles. The maximum atomic E-state index is 12.4. The van der Waals surface area contributed by atoms with E-state index in [2.05, 4.69) is 11.8 Å². The number of amides is 1. The van der Waals surface area contributed by atoms with Crippen molar-refractivity contribution in [3.05, 3.63) is 0 Å². The molecule has 0 aliphatic carbocycles. The minimum Gasteiger partial charge on any atom is -0.373 e. The number of hydrogen-bond donors (Lipinski definition) is 0. The molecule has 0 saturated carbocycles. The van der Waals surface area contributed by atoms with Gasteiger partial charge in [0.05, 0.1) is 31.6 Å². The van der Waals surface area contributed by atoms with Gasteiger partial charge < -0.3 is 14.5 Å². The molecular weight excluding hydrogens is 294 g/mol. The van der Waals surface area contributed by atoms with Gasteiger partial charge in [0.25, 0.3) is 0 Å². The molecule has 0 bridgehead atoms. The summed E-state index contributed by atoms with van der Waals surface area (Å²) in [5.74, 6) is -0.133. The Morgan fingerprint density at radius 1 is 1.38 bits per heavy atom. The lowest BCUT2D eigenvalue weighted by Crippen LogP contribution is -2.61. The van der Waals surface area contributed by atoms with Crippen molar-refractivity contribution >= 4 is 15.9 Å². The monoisotopic (exact) mass is 319 g/mol. The summed E-state index contributed by atoms with van der Waals surface area (Å²) in [5.41, 5.74) is 0. The number of sulfonamides is 1. The van der Waals surface area contributed by atoms with Gasteiger partial charge in [-0.1, -0.05) is 6.92 Å². The van der Waals surface area contributed by atoms with Crippen LogP contribution in [0, 0.1) is 0 Å². The van der Waals surface area contributed by atoms with Crippen LogP contribution < -0.4 is 0 Å². The summed E-state index contributed by atoms with van der Waals surface area (Å²) in [5, 5.41) is 0. The molecule has 2 aliphatic rings. The number of hydrogen-bond acceptors (Lipinski definition) is 5. The first-order chi connectivity index (χ1) is 9.82. The molecule has 2 aliphatic heterocycles. The molecular formula is C13H25N3O4S. The largest absolute Gasteiger partial charge is 0.373 e. The Kier molecular flexibility index (Phi) is 5.24. The minimum absolute atomic E-state index is 0.0416. The Labute approximate surface area is 126 Å². The lowest BCUT2D eigenvalue weighted by Gasteiger charge is -2.46. The highest BCUT2D eigenvalue weighted by molar-refractivity contribution is 7.88. The van der Waals surface area contributed by atoms with E-state index in [9.17, 15) is 13.2 Å². The Hall–Kier alpha value is -0.700. The molecule has 2 atom stereocenters. The maximum Gasteiger partial charge on any atom is 0.238 e. The van der Waals surface area contributed by atoms with E-state index in [4.69, 9.17) is 4.74 Å². The second kappa shape index (κ2) is 6.60. The zero-order valence-corrected chi connectivity index (χ0v) is 13.8. The van der Waals surface area contributed by atoms with E-state index in [1.54, 1.807) is 0 Å². The molecule has 21 heavy (non-hydrogen) atoms. The summed E-state index contributed by atoms with van der Waals surface area (Å²) in [6.07, 6.45) is 2.04. The third-order valence-electron chi connectivity index (χ3n) is 4.36. The normalized spacial score (nSPS) is 27.7. The van der Waals surface area contributed by atoms with E-state index in [1.165, 1.54) is 7.05 Å². The number of nitrogens with zero attached hydrogens (tertiary/aromatic N) is 3. The third-order valence-corrected chi connectivity index (χ3v) is 5.63. The zero-order valence-electron chi connectivity index (χ0n) is 13.0. The molecule has 122 valence electrons. The summed E-state index contributed by atoms with van der Waals surface area (Å²) in [6.45, 7) is 5.86. The molecule has 0 spiro atoms. The molecule has 0 N–H and O–H groups in total. The number of ether oxygens (including phenoxy) is 1. The second-order valence-electron chi connectivity index (χ2n) is 5.76. The van der Waals surface area contributed by atoms with Gasteiger partial charge in [-0.15, -0.1) is 0 Å². The fourth-order valence-corrected chi connectivity index (χ4v) is 3.30. The lowest BCUT2D eigenvalue weighted by atomic mass is 9.98. The number of carbonyl (C=O) groups is 1. The van der Waals surface area contributed by atoms with Gasteiger partial charge in [0.15, 0.2) is 0 Å². The van der Waals surface area contributed by atoms with Crippen molar-refractivity contribution in [1.29, 1.82) is 0 Å². The van der Waals surface area contributed by atoms with Crippen LogP contribution >= 0.6 is 0 Å². The minimum atomic E-state index is -3.33. The summed E-state index contributed by atoms with van der Waals surface area (Å²) in [7, 11) is -1.90. The number of rotatable bonds is 4. The van der Waals surface area contributed by atoms with Gasteiger partial charge in [-0.05, 0) is 13.0 Å². The van der Waals surface area contributed by atoms with Crippen molar-refractivity contribution in [2.45, 2.75) is 25.5 Å². The molecule has 2 saturated heterocycles. The predicted molar refractivity (Wildman–Crippen MR) is 79.4 cm³/mol. The molecule has 0 unspecified atom stereocenters. The van der Waals surface area contributed by atoms with Crippen molar-refractivity contribution in [2.75, 3.05) is 52.6 Å². The molecule has 2 fully saturated rings. The SMILES string of the molecule is CCN1CC[C@H]2[C@@H](C1)OCCN2C(=O)CN(C)S(C)(=O)=O. The van der Waals surface area contributed by atoms with Crippen molar-refractivity contribution in [2.24, 2.45) is 0 Å². The number of fused-ring (bicyclic) bond motifs is 1. The summed E-state index contributed by atoms with van der Waals surface area (Å²) in [6, 6.07) is 0.0713. The van der Waals surface area contributed by atoms with Gasteiger partial charge in [0.1, 0.15) is 0 Å². The molecule has 8 heteroatoms. The Bertz CT molecular complexity index is 482. The van der Waals surface area contributed by atoms with Gasteiger partial charge in [0, 0.05) is 26.7 Å². The predicted octanol–water partition coefficient (Wildman–Crippen LogP) is -0.801. The standard InChI is InChI=1S/C13H25N3O4S/c1-4-15-6-5-11-12(9-15)20-8-7-16(11)13(17)10-14(2)21(3,18)19/h11-12H,4-10H2,1-3H3/t11-,12+/m0/s1. The van der Waals surface area contributed by atoms with Crippen LogP contribution in [0.4, 0.5) is 0 Å². The zero-order chi connectivity index (χ0) is 15.6. The van der Waals surface area contributed by atoms with Crippen LogP contribution in [0.5, 0.6) is 0 Å². The summed E-state index contributed by atoms with van der Waals surface area (Å²) < 4.78 is 29.8. The van der Waals surface area contributed by atoms with E-state index in [1.807, 2.05) is 4.90 Å². The van der Waals surface area contributed by atoms with E-state index < -0.39 is 10.0 Å². The van der Waals surface area contributed by atoms with Gasteiger partial charge in [-0.2, -0.15) is 4.31 Å². The number of likely N-dealkylation sites (N-methyl/N-ethyl adjacent to an activating group) is 2. The van der Waals surface area contributed by atoms with Crippen LogP contribution in [0.1, 0.15) is 13.3 Å². The molecule has 2 heterocycles. The first-order valence-corrected chi connectivity index (χ1v) is 9.22. The van der Waals surface area contributed by atoms with Crippen molar-refractivity contribution in [1.82, 2.24) is 14.1 Å². The van der Waals surface area contributed by atoms with E-state index in [-0.39, 0.29) is 24.6 Å². The fourth-order valence-electron chi connectivity index (χ4n) is 2.95. The number of likely N-dealkylation sites (tertiary alicyclic amines) is 1. The van der Waals surface area contributed by atoms with Gasteiger partial charge in [-0.3, -0.25) is 4.79 Å². The molecule has 7 nitrogen and oxygen atoms in total. The van der Waals surface area contributed by atoms with Crippen molar-refractivity contribution in [3.8, 4) is 0 Å². The smallest absolute Gasteiger partial charge is 0.238 e. The highest BCUT2D eigenvalue weighted by atomic mass is 32.2. The molecule has 2 rings (SSSR count). The maximum absolute atomic E-state index is 12.4. The lowest BCUT2D eigenvalue weighted by molar-refractivity contribution is -0.152. The number of piperidine rings is 1. The van der Waals surface area contributed by atoms with Crippen LogP contribution in [0.3, 0.4) is 0 Å². The van der Waals surface area contributed by atoms with Crippen molar-refractivity contribution in [3.63, 3.8) is 0 Å². The molecule has 0 aromatic rings. The Morgan fingerprint density at radius 3 is 2.71 bits per heavy atom. The van der Waals surface area contributed by atoms with Gasteiger partial charge in [-0.25, -0.2) is 8.42 Å². The molecule has 0 radical (unpaired) electrons. The van der Waals surface area contributed by atoms with Gasteiger partial charge in [0.2, 0.25) is 15.9 Å². The topological polar surface area (TPSA) is 70.2 Å². The highest BCUT2D eigenvalue weighted by Gasteiger charge is 2.39. The molecule has 0 aromatic heterocycles. The Balaban J connectivity index is 2.01. The van der Waals surface area contributed by atoms with Crippen LogP contribution in [0.2, 0.25) is 0 Å². The average Bonchev–Trinajstić information content (AvgIpc) is 2.44. The van der Waals surface area contributed by atoms with Crippen LogP contribution in [-0.4, -0.2) is 93.2 Å². The number of morpholine rings is 1. The Morgan fingerprint density at radius 2 is 2.10 bits per heavy atom. The summed E-state index contributed by atoms with van der Waals surface area (Å²) >= 11 is 0. The fraction of sp³-hybridized carbons (Fsp3) is 0.923. The number of carbonyl (C=O) groups excluding carboxylic acids is 1. The highest BCUT2D eigenvalue weighted by Crippen LogP contribution is 2.23. The van der Waals surface area contributed by atoms with Crippen LogP contribution in [0.25, 0.3) is 0 Å². The average molecular weight is 319 g/mol. The first kappa shape index (κ1) is 16.7. The third kappa shape index (κ3) is 3.94. The van der Waals surface area contributed by atoms with E-state index >= 15 is 0 Å². The van der Waals surface area contributed by atoms with Crippen molar-refractivity contribution < 1.29 is 17.9 Å². The van der Waals surface area contributed by atoms with E-state index in [0.717, 1.165) is 36.6 Å². The quantitative estimate of drug-likeness (QED) is 0.678. The first-order valence-electron chi connectivity index (χ1n) is 7.37. The van der Waals surface area contributed by atoms with Gasteiger partial charge >= 0.3 is 0 Å². The van der Waals surface area contributed by atoms with Crippen LogP contribution in [-0.2, 0) is 19.6 Å². The van der Waals surface area contributed by atoms with E-state index in [0.29, 0.717) is 13.2 Å².